The molecule has 0 bridgehead atoms. The van der Waals surface area contributed by atoms with E-state index in [1.54, 1.807) is 0 Å². The van der Waals surface area contributed by atoms with E-state index in [0.717, 1.165) is 19.4 Å². The molecule has 0 saturated heterocycles. The number of rotatable bonds is 14. The van der Waals surface area contributed by atoms with Gasteiger partial charge in [-0.3, -0.25) is 0 Å². The highest BCUT2D eigenvalue weighted by atomic mass is 16.5. The average molecular weight is 303 g/mol. The molecule has 21 heavy (non-hydrogen) atoms. The Morgan fingerprint density at radius 1 is 1.00 bits per heavy atom. The molecule has 3 unspecified atom stereocenters. The van der Waals surface area contributed by atoms with Crippen molar-refractivity contribution in [1.82, 2.24) is 5.32 Å². The molecule has 3 atom stereocenters. The molecule has 0 spiro atoms. The minimum absolute atomic E-state index is 0.336. The van der Waals surface area contributed by atoms with Gasteiger partial charge >= 0.3 is 0 Å². The van der Waals surface area contributed by atoms with Crippen LogP contribution >= 0.6 is 0 Å². The molecule has 0 aromatic rings. The maximum absolute atomic E-state index is 9.84. The molecule has 128 valence electrons. The Morgan fingerprint density at radius 3 is 2.24 bits per heavy atom. The molecule has 4 nitrogen and oxygen atoms in total. The predicted molar refractivity (Wildman–Crippen MR) is 88.5 cm³/mol. The predicted octanol–water partition coefficient (Wildman–Crippen LogP) is 2.58. The zero-order valence-corrected chi connectivity index (χ0v) is 14.5. The molecule has 4 heteroatoms. The summed E-state index contributed by atoms with van der Waals surface area (Å²) in [5.41, 5.74) is 0. The van der Waals surface area contributed by atoms with E-state index in [0.29, 0.717) is 31.5 Å². The van der Waals surface area contributed by atoms with Crippen LogP contribution in [0, 0.1) is 11.8 Å². The normalized spacial score (nSPS) is 16.1. The lowest BCUT2D eigenvalue weighted by molar-refractivity contribution is 0.0179. The van der Waals surface area contributed by atoms with E-state index in [9.17, 15) is 10.2 Å². The molecule has 0 aliphatic heterocycles. The van der Waals surface area contributed by atoms with E-state index in [1.807, 2.05) is 0 Å². The highest BCUT2D eigenvalue weighted by Gasteiger charge is 2.10. The van der Waals surface area contributed by atoms with Crippen molar-refractivity contribution in [2.24, 2.45) is 11.8 Å². The summed E-state index contributed by atoms with van der Waals surface area (Å²) in [6.07, 6.45) is 4.77. The summed E-state index contributed by atoms with van der Waals surface area (Å²) in [6, 6.07) is 0. The van der Waals surface area contributed by atoms with Gasteiger partial charge in [0.15, 0.2) is 0 Å². The van der Waals surface area contributed by atoms with E-state index in [2.05, 4.69) is 33.0 Å². The number of aliphatic hydroxyl groups excluding tert-OH is 2. The Balaban J connectivity index is 3.59. The number of unbranched alkanes of at least 4 members (excludes halogenated alkanes) is 1. The Hall–Kier alpha value is -0.160. The molecule has 0 aromatic carbocycles. The van der Waals surface area contributed by atoms with Crippen molar-refractivity contribution in [3.63, 3.8) is 0 Å². The van der Waals surface area contributed by atoms with Gasteiger partial charge in [-0.25, -0.2) is 0 Å². The maximum atomic E-state index is 9.84. The molecule has 0 heterocycles. The first-order chi connectivity index (χ1) is 9.99. The van der Waals surface area contributed by atoms with Crippen molar-refractivity contribution in [2.45, 2.75) is 72.0 Å². The Bertz CT molecular complexity index is 224. The van der Waals surface area contributed by atoms with Gasteiger partial charge in [0, 0.05) is 19.7 Å². The van der Waals surface area contributed by atoms with Gasteiger partial charge in [0.1, 0.15) is 0 Å². The van der Waals surface area contributed by atoms with Crippen LogP contribution in [0.5, 0.6) is 0 Å². The van der Waals surface area contributed by atoms with E-state index < -0.39 is 6.10 Å². The van der Waals surface area contributed by atoms with Crippen LogP contribution in [0.1, 0.15) is 59.8 Å². The summed E-state index contributed by atoms with van der Waals surface area (Å²) in [5, 5.41) is 22.7. The Labute approximate surface area is 131 Å². The van der Waals surface area contributed by atoms with Crippen molar-refractivity contribution in [2.75, 3.05) is 26.3 Å². The monoisotopic (exact) mass is 303 g/mol. The van der Waals surface area contributed by atoms with Gasteiger partial charge in [0.25, 0.3) is 0 Å². The number of aliphatic hydroxyl groups is 2. The molecule has 0 saturated carbocycles. The molecular formula is C17H37NO3. The van der Waals surface area contributed by atoms with Crippen molar-refractivity contribution in [3.8, 4) is 0 Å². The summed E-state index contributed by atoms with van der Waals surface area (Å²) in [4.78, 5) is 0. The SMILES string of the molecule is CCCCC(CC)COCC(O)CNCC(O)CC(C)C. The first kappa shape index (κ1) is 20.8. The fourth-order valence-electron chi connectivity index (χ4n) is 2.37. The minimum atomic E-state index is -0.500. The molecule has 0 rings (SSSR count). The largest absolute Gasteiger partial charge is 0.392 e. The van der Waals surface area contributed by atoms with Gasteiger partial charge in [-0.05, 0) is 24.7 Å². The average Bonchev–Trinajstić information content (AvgIpc) is 2.41. The number of hydrogen-bond acceptors (Lipinski definition) is 4. The van der Waals surface area contributed by atoms with E-state index in [-0.39, 0.29) is 6.10 Å². The van der Waals surface area contributed by atoms with Crippen molar-refractivity contribution in [1.29, 1.82) is 0 Å². The van der Waals surface area contributed by atoms with Crippen LogP contribution < -0.4 is 5.32 Å². The zero-order valence-electron chi connectivity index (χ0n) is 14.5. The molecule has 0 radical (unpaired) electrons. The lowest BCUT2D eigenvalue weighted by Crippen LogP contribution is -2.36. The highest BCUT2D eigenvalue weighted by Crippen LogP contribution is 2.12. The molecule has 0 aliphatic rings. The minimum Gasteiger partial charge on any atom is -0.392 e. The number of hydrogen-bond donors (Lipinski definition) is 3. The number of nitrogens with one attached hydrogen (secondary N) is 1. The molecule has 0 aromatic heterocycles. The van der Waals surface area contributed by atoms with E-state index in [1.165, 1.54) is 19.3 Å². The highest BCUT2D eigenvalue weighted by molar-refractivity contribution is 4.65. The van der Waals surface area contributed by atoms with Crippen LogP contribution in [-0.4, -0.2) is 48.7 Å². The van der Waals surface area contributed by atoms with E-state index >= 15 is 0 Å². The summed E-state index contributed by atoms with van der Waals surface area (Å²) in [6.45, 7) is 10.7. The van der Waals surface area contributed by atoms with Gasteiger partial charge in [-0.2, -0.15) is 0 Å². The van der Waals surface area contributed by atoms with Crippen LogP contribution in [0.2, 0.25) is 0 Å². The van der Waals surface area contributed by atoms with Crippen LogP contribution in [-0.2, 0) is 4.74 Å². The van der Waals surface area contributed by atoms with Crippen LogP contribution in [0.15, 0.2) is 0 Å². The molecule has 0 fully saturated rings. The topological polar surface area (TPSA) is 61.7 Å². The third-order valence-electron chi connectivity index (χ3n) is 3.71. The lowest BCUT2D eigenvalue weighted by atomic mass is 10.0. The first-order valence-electron chi connectivity index (χ1n) is 8.64. The van der Waals surface area contributed by atoms with E-state index in [4.69, 9.17) is 4.74 Å². The van der Waals surface area contributed by atoms with Crippen LogP contribution in [0.3, 0.4) is 0 Å². The summed E-state index contributed by atoms with van der Waals surface area (Å²) >= 11 is 0. The van der Waals surface area contributed by atoms with Crippen LogP contribution in [0.25, 0.3) is 0 Å². The van der Waals surface area contributed by atoms with Crippen molar-refractivity contribution < 1.29 is 14.9 Å². The Morgan fingerprint density at radius 2 is 1.67 bits per heavy atom. The van der Waals surface area contributed by atoms with Gasteiger partial charge in [-0.1, -0.05) is 47.0 Å². The fourth-order valence-corrected chi connectivity index (χ4v) is 2.37. The van der Waals surface area contributed by atoms with Crippen LogP contribution in [0.4, 0.5) is 0 Å². The van der Waals surface area contributed by atoms with Crippen molar-refractivity contribution >= 4 is 0 Å². The fraction of sp³-hybridized carbons (Fsp3) is 1.00. The smallest absolute Gasteiger partial charge is 0.0897 e. The summed E-state index contributed by atoms with van der Waals surface area (Å²) < 4.78 is 5.62. The van der Waals surface area contributed by atoms with Crippen molar-refractivity contribution in [3.05, 3.63) is 0 Å². The maximum Gasteiger partial charge on any atom is 0.0897 e. The Kier molecular flexibility index (Phi) is 13.4. The van der Waals surface area contributed by atoms with Gasteiger partial charge in [0.2, 0.25) is 0 Å². The standard InChI is InChI=1S/C17H37NO3/c1-5-7-8-15(6-2)12-21-13-17(20)11-18-10-16(19)9-14(3)4/h14-20H,5-13H2,1-4H3. The summed E-state index contributed by atoms with van der Waals surface area (Å²) in [5.74, 6) is 1.10. The second kappa shape index (κ2) is 13.5. The third kappa shape index (κ3) is 13.2. The van der Waals surface area contributed by atoms with Gasteiger partial charge in [-0.15, -0.1) is 0 Å². The zero-order chi connectivity index (χ0) is 16.1. The number of ether oxygens (including phenoxy) is 1. The third-order valence-corrected chi connectivity index (χ3v) is 3.71. The first-order valence-corrected chi connectivity index (χ1v) is 8.64. The quantitative estimate of drug-likeness (QED) is 0.461. The second-order valence-electron chi connectivity index (χ2n) is 6.55. The van der Waals surface area contributed by atoms with Gasteiger partial charge < -0.3 is 20.3 Å². The lowest BCUT2D eigenvalue weighted by Gasteiger charge is -2.18. The summed E-state index contributed by atoms with van der Waals surface area (Å²) in [7, 11) is 0. The molecule has 3 N–H and O–H groups in total. The molecular weight excluding hydrogens is 266 g/mol. The second-order valence-corrected chi connectivity index (χ2v) is 6.55. The molecule has 0 amide bonds. The van der Waals surface area contributed by atoms with Gasteiger partial charge in [0.05, 0.1) is 18.8 Å². The molecule has 0 aliphatic carbocycles.